The predicted molar refractivity (Wildman–Crippen MR) is 115 cm³/mol. The molecule has 0 amide bonds. The standard InChI is InChI=1S/C19H21N5OS2/c1-12(2)24-15(25)11-10-14(22-24)17-16(13-8-6-5-7-9-13)20-18(27-17)21-19(26)23(3)4/h5-12H,1-4H3,(H,20,21,26). The molecule has 0 unspecified atom stereocenters. The molecule has 2 aromatic heterocycles. The molecule has 1 aromatic carbocycles. The fourth-order valence-corrected chi connectivity index (χ4v) is 3.57. The first-order valence-electron chi connectivity index (χ1n) is 8.51. The van der Waals surface area contributed by atoms with Gasteiger partial charge in [-0.3, -0.25) is 4.79 Å². The van der Waals surface area contributed by atoms with E-state index in [2.05, 4.69) is 10.4 Å². The van der Waals surface area contributed by atoms with Crippen LogP contribution in [0.3, 0.4) is 0 Å². The van der Waals surface area contributed by atoms with Gasteiger partial charge in [-0.2, -0.15) is 5.10 Å². The lowest BCUT2D eigenvalue weighted by Crippen LogP contribution is -2.26. The molecule has 0 aliphatic rings. The average Bonchev–Trinajstić information content (AvgIpc) is 3.06. The van der Waals surface area contributed by atoms with Crippen molar-refractivity contribution in [2.24, 2.45) is 0 Å². The zero-order chi connectivity index (χ0) is 19.6. The van der Waals surface area contributed by atoms with Crippen molar-refractivity contribution in [3.05, 3.63) is 52.8 Å². The Morgan fingerprint density at radius 1 is 1.19 bits per heavy atom. The molecule has 0 saturated heterocycles. The van der Waals surface area contributed by atoms with Gasteiger partial charge >= 0.3 is 0 Å². The number of anilines is 1. The van der Waals surface area contributed by atoms with Gasteiger partial charge in [0.15, 0.2) is 10.2 Å². The molecule has 0 bridgehead atoms. The second-order valence-corrected chi connectivity index (χ2v) is 7.87. The molecule has 0 aliphatic heterocycles. The summed E-state index contributed by atoms with van der Waals surface area (Å²) in [6.07, 6.45) is 0. The number of aromatic nitrogens is 3. The van der Waals surface area contributed by atoms with Gasteiger partial charge in [0.25, 0.3) is 5.56 Å². The fraction of sp³-hybridized carbons (Fsp3) is 0.263. The lowest BCUT2D eigenvalue weighted by atomic mass is 10.1. The van der Waals surface area contributed by atoms with E-state index in [4.69, 9.17) is 17.2 Å². The van der Waals surface area contributed by atoms with E-state index in [1.807, 2.05) is 63.2 Å². The Bertz CT molecular complexity index is 1010. The van der Waals surface area contributed by atoms with Crippen molar-refractivity contribution >= 4 is 33.8 Å². The number of rotatable bonds is 4. The van der Waals surface area contributed by atoms with Crippen molar-refractivity contribution in [2.75, 3.05) is 19.4 Å². The number of benzene rings is 1. The topological polar surface area (TPSA) is 63.1 Å². The van der Waals surface area contributed by atoms with Crippen LogP contribution in [-0.4, -0.2) is 38.9 Å². The Morgan fingerprint density at radius 2 is 1.89 bits per heavy atom. The third-order valence-electron chi connectivity index (χ3n) is 3.84. The third kappa shape index (κ3) is 4.23. The highest BCUT2D eigenvalue weighted by molar-refractivity contribution is 7.80. The third-order valence-corrected chi connectivity index (χ3v) is 5.30. The van der Waals surface area contributed by atoms with Gasteiger partial charge in [0.05, 0.1) is 16.6 Å². The zero-order valence-electron chi connectivity index (χ0n) is 15.6. The monoisotopic (exact) mass is 399 g/mol. The fourth-order valence-electron chi connectivity index (χ4n) is 2.46. The summed E-state index contributed by atoms with van der Waals surface area (Å²) in [5.41, 5.74) is 2.39. The molecule has 2 heterocycles. The van der Waals surface area contributed by atoms with Gasteiger partial charge in [0, 0.05) is 25.7 Å². The molecule has 3 rings (SSSR count). The number of nitrogens with zero attached hydrogens (tertiary/aromatic N) is 4. The van der Waals surface area contributed by atoms with Crippen LogP contribution >= 0.6 is 23.6 Å². The molecule has 140 valence electrons. The number of hydrogen-bond acceptors (Lipinski definition) is 5. The minimum Gasteiger partial charge on any atom is -0.355 e. The van der Waals surface area contributed by atoms with Gasteiger partial charge < -0.3 is 10.2 Å². The first kappa shape index (κ1) is 19.2. The van der Waals surface area contributed by atoms with Gasteiger partial charge in [0.2, 0.25) is 0 Å². The van der Waals surface area contributed by atoms with Crippen LogP contribution in [-0.2, 0) is 0 Å². The first-order valence-corrected chi connectivity index (χ1v) is 9.74. The zero-order valence-corrected chi connectivity index (χ0v) is 17.3. The summed E-state index contributed by atoms with van der Waals surface area (Å²) in [5, 5.41) is 8.98. The largest absolute Gasteiger partial charge is 0.355 e. The smallest absolute Gasteiger partial charge is 0.267 e. The second kappa shape index (κ2) is 7.98. The van der Waals surface area contributed by atoms with E-state index in [0.29, 0.717) is 15.9 Å². The number of thiazole rings is 1. The normalized spacial score (nSPS) is 10.9. The van der Waals surface area contributed by atoms with Crippen LogP contribution in [0.2, 0.25) is 0 Å². The lowest BCUT2D eigenvalue weighted by molar-refractivity contribution is 0.505. The van der Waals surface area contributed by atoms with Gasteiger partial charge in [-0.15, -0.1) is 0 Å². The molecular formula is C19H21N5OS2. The Morgan fingerprint density at radius 3 is 2.52 bits per heavy atom. The predicted octanol–water partition coefficient (Wildman–Crippen LogP) is 3.87. The van der Waals surface area contributed by atoms with Crippen molar-refractivity contribution in [2.45, 2.75) is 19.9 Å². The first-order chi connectivity index (χ1) is 12.9. The van der Waals surface area contributed by atoms with Crippen LogP contribution in [0.15, 0.2) is 47.3 Å². The van der Waals surface area contributed by atoms with Crippen LogP contribution in [0, 0.1) is 0 Å². The van der Waals surface area contributed by atoms with Gasteiger partial charge in [-0.05, 0) is 32.1 Å². The van der Waals surface area contributed by atoms with Crippen molar-refractivity contribution < 1.29 is 0 Å². The Labute approximate surface area is 167 Å². The Hall–Kier alpha value is -2.58. The summed E-state index contributed by atoms with van der Waals surface area (Å²) < 4.78 is 1.49. The summed E-state index contributed by atoms with van der Waals surface area (Å²) in [4.78, 5) is 19.5. The molecule has 0 fully saturated rings. The van der Waals surface area contributed by atoms with Crippen molar-refractivity contribution in [1.82, 2.24) is 19.7 Å². The van der Waals surface area contributed by atoms with E-state index in [9.17, 15) is 4.79 Å². The maximum absolute atomic E-state index is 12.1. The second-order valence-electron chi connectivity index (χ2n) is 6.48. The average molecular weight is 400 g/mol. The summed E-state index contributed by atoms with van der Waals surface area (Å²) in [5.74, 6) is 0. The van der Waals surface area contributed by atoms with E-state index >= 15 is 0 Å². The molecule has 8 heteroatoms. The minimum atomic E-state index is -0.119. The van der Waals surface area contributed by atoms with Crippen molar-refractivity contribution in [1.29, 1.82) is 0 Å². The van der Waals surface area contributed by atoms with Crippen LogP contribution < -0.4 is 10.9 Å². The van der Waals surface area contributed by atoms with E-state index in [1.54, 1.807) is 12.1 Å². The lowest BCUT2D eigenvalue weighted by Gasteiger charge is -2.13. The van der Waals surface area contributed by atoms with Crippen LogP contribution in [0.1, 0.15) is 19.9 Å². The Balaban J connectivity index is 2.13. The summed E-state index contributed by atoms with van der Waals surface area (Å²) in [6, 6.07) is 13.2. The number of hydrogen-bond donors (Lipinski definition) is 1. The summed E-state index contributed by atoms with van der Waals surface area (Å²) >= 11 is 6.80. The molecule has 27 heavy (non-hydrogen) atoms. The molecule has 0 radical (unpaired) electrons. The highest BCUT2D eigenvalue weighted by atomic mass is 32.1. The highest BCUT2D eigenvalue weighted by Gasteiger charge is 2.18. The molecule has 3 aromatic rings. The van der Waals surface area contributed by atoms with Crippen molar-refractivity contribution in [3.8, 4) is 21.8 Å². The van der Waals surface area contributed by atoms with Gasteiger partial charge in [-0.1, -0.05) is 41.7 Å². The van der Waals surface area contributed by atoms with Crippen LogP contribution in [0.5, 0.6) is 0 Å². The summed E-state index contributed by atoms with van der Waals surface area (Å²) in [6.45, 7) is 3.87. The molecule has 6 nitrogen and oxygen atoms in total. The van der Waals surface area contributed by atoms with E-state index in [-0.39, 0.29) is 11.6 Å². The Kier molecular flexibility index (Phi) is 5.67. The molecule has 0 atom stereocenters. The van der Waals surface area contributed by atoms with Gasteiger partial charge in [-0.25, -0.2) is 9.67 Å². The van der Waals surface area contributed by atoms with Crippen LogP contribution in [0.4, 0.5) is 5.13 Å². The molecule has 0 spiro atoms. The highest BCUT2D eigenvalue weighted by Crippen LogP contribution is 2.38. The SMILES string of the molecule is CC(C)n1nc(-c2sc(NC(=S)N(C)C)nc2-c2ccccc2)ccc1=O. The van der Waals surface area contributed by atoms with E-state index in [0.717, 1.165) is 16.1 Å². The maximum Gasteiger partial charge on any atom is 0.267 e. The molecule has 1 N–H and O–H groups in total. The number of thiocarbonyl (C=S) groups is 1. The van der Waals surface area contributed by atoms with Gasteiger partial charge in [0.1, 0.15) is 5.69 Å². The molecule has 0 saturated carbocycles. The molecular weight excluding hydrogens is 378 g/mol. The quantitative estimate of drug-likeness (QED) is 0.672. The maximum atomic E-state index is 12.1. The summed E-state index contributed by atoms with van der Waals surface area (Å²) in [7, 11) is 3.75. The van der Waals surface area contributed by atoms with E-state index < -0.39 is 0 Å². The van der Waals surface area contributed by atoms with Crippen molar-refractivity contribution in [3.63, 3.8) is 0 Å². The minimum absolute atomic E-state index is 0.0236. The molecule has 0 aliphatic carbocycles. The van der Waals surface area contributed by atoms with E-state index in [1.165, 1.54) is 16.0 Å². The number of nitrogens with one attached hydrogen (secondary N) is 1. The van der Waals surface area contributed by atoms with Crippen LogP contribution in [0.25, 0.3) is 21.8 Å².